The number of pyridine rings is 1. The molecule has 7 heteroatoms. The summed E-state index contributed by atoms with van der Waals surface area (Å²) in [6.07, 6.45) is 3.76. The summed E-state index contributed by atoms with van der Waals surface area (Å²) in [4.78, 5) is 4.48. The molecule has 1 N–H and O–H groups in total. The van der Waals surface area contributed by atoms with Gasteiger partial charge in [0.05, 0.1) is 11.7 Å². The lowest BCUT2D eigenvalue weighted by Crippen LogP contribution is -2.07. The predicted octanol–water partition coefficient (Wildman–Crippen LogP) is 3.71. The van der Waals surface area contributed by atoms with E-state index in [1.165, 1.54) is 5.56 Å². The summed E-state index contributed by atoms with van der Waals surface area (Å²) in [6, 6.07) is 10.3. The highest BCUT2D eigenvalue weighted by molar-refractivity contribution is 6.30. The average Bonchev–Trinajstić information content (AvgIpc) is 3.31. The van der Waals surface area contributed by atoms with Crippen molar-refractivity contribution in [2.45, 2.75) is 25.8 Å². The number of aromatic amines is 1. The van der Waals surface area contributed by atoms with Gasteiger partial charge in [-0.05, 0) is 37.1 Å². The lowest BCUT2D eigenvalue weighted by molar-refractivity contribution is 0.622. The van der Waals surface area contributed by atoms with Crippen molar-refractivity contribution in [2.24, 2.45) is 0 Å². The Bertz CT molecular complexity index is 1080. The van der Waals surface area contributed by atoms with Crippen LogP contribution in [0.25, 0.3) is 22.4 Å². The van der Waals surface area contributed by atoms with Crippen LogP contribution in [0.3, 0.4) is 0 Å². The molecule has 4 heterocycles. The molecule has 1 aliphatic rings. The first kappa shape index (κ1) is 14.6. The molecule has 5 rings (SSSR count). The van der Waals surface area contributed by atoms with Crippen LogP contribution in [-0.2, 0) is 6.42 Å². The minimum Gasteiger partial charge on any atom is -0.303 e. The van der Waals surface area contributed by atoms with Crippen LogP contribution in [0.5, 0.6) is 0 Å². The number of nitrogens with zero attached hydrogens (tertiary/aromatic N) is 5. The second-order valence-corrected chi connectivity index (χ2v) is 6.78. The minimum atomic E-state index is 0.221. The quantitative estimate of drug-likeness (QED) is 0.598. The summed E-state index contributed by atoms with van der Waals surface area (Å²) in [5.41, 5.74) is 3.89. The van der Waals surface area contributed by atoms with Gasteiger partial charge >= 0.3 is 0 Å². The third kappa shape index (κ3) is 2.25. The van der Waals surface area contributed by atoms with E-state index in [1.807, 2.05) is 25.3 Å². The zero-order valence-corrected chi connectivity index (χ0v) is 14.3. The number of nitrogens with one attached hydrogen (secondary N) is 1. The molecular weight excluding hydrogens is 336 g/mol. The lowest BCUT2D eigenvalue weighted by atomic mass is 10.0. The SMILES string of the molecule is Cc1n[nH]c2ncc(-c3nnc4n3[C@@H](c3ccc(Cl)cc3)CC4)cc12. The second kappa shape index (κ2) is 5.39. The zero-order chi connectivity index (χ0) is 17.0. The number of halogens is 1. The van der Waals surface area contributed by atoms with E-state index in [4.69, 9.17) is 11.6 Å². The van der Waals surface area contributed by atoms with Crippen LogP contribution in [0, 0.1) is 6.92 Å². The number of aromatic nitrogens is 6. The van der Waals surface area contributed by atoms with Crippen LogP contribution < -0.4 is 0 Å². The van der Waals surface area contributed by atoms with Crippen molar-refractivity contribution in [3.8, 4) is 11.4 Å². The van der Waals surface area contributed by atoms with E-state index in [0.717, 1.165) is 51.8 Å². The molecule has 0 unspecified atom stereocenters. The van der Waals surface area contributed by atoms with Crippen molar-refractivity contribution >= 4 is 22.6 Å². The Morgan fingerprint density at radius 3 is 2.88 bits per heavy atom. The normalized spacial score (nSPS) is 16.5. The maximum absolute atomic E-state index is 6.04. The summed E-state index contributed by atoms with van der Waals surface area (Å²) in [5, 5.41) is 17.7. The number of H-pyrrole nitrogens is 1. The Morgan fingerprint density at radius 2 is 2.04 bits per heavy atom. The largest absolute Gasteiger partial charge is 0.303 e. The smallest absolute Gasteiger partial charge is 0.166 e. The van der Waals surface area contributed by atoms with E-state index in [-0.39, 0.29) is 6.04 Å². The van der Waals surface area contributed by atoms with Crippen molar-refractivity contribution in [1.29, 1.82) is 0 Å². The van der Waals surface area contributed by atoms with E-state index >= 15 is 0 Å². The molecule has 1 atom stereocenters. The topological polar surface area (TPSA) is 72.3 Å². The van der Waals surface area contributed by atoms with Gasteiger partial charge in [0.25, 0.3) is 0 Å². The standard InChI is InChI=1S/C18H15ClN6/c1-10-14-8-12(9-20-17(14)23-21-10)18-24-22-16-7-6-15(25(16)18)11-2-4-13(19)5-3-11/h2-5,8-9,15H,6-7H2,1H3,(H,20,21,23)/t15-/m1/s1. The van der Waals surface area contributed by atoms with Gasteiger partial charge in [0.1, 0.15) is 5.82 Å². The van der Waals surface area contributed by atoms with Crippen LogP contribution in [0.2, 0.25) is 5.02 Å². The number of benzene rings is 1. The highest BCUT2D eigenvalue weighted by atomic mass is 35.5. The Kier molecular flexibility index (Phi) is 3.15. The van der Waals surface area contributed by atoms with Crippen LogP contribution in [-0.4, -0.2) is 29.9 Å². The molecule has 25 heavy (non-hydrogen) atoms. The number of fused-ring (bicyclic) bond motifs is 2. The fourth-order valence-electron chi connectivity index (χ4n) is 3.56. The van der Waals surface area contributed by atoms with E-state index in [1.54, 1.807) is 0 Å². The Labute approximate surface area is 148 Å². The Morgan fingerprint density at radius 1 is 1.20 bits per heavy atom. The van der Waals surface area contributed by atoms with Gasteiger partial charge < -0.3 is 4.57 Å². The van der Waals surface area contributed by atoms with Gasteiger partial charge in [0, 0.05) is 28.6 Å². The van der Waals surface area contributed by atoms with E-state index in [9.17, 15) is 0 Å². The van der Waals surface area contributed by atoms with Crippen molar-refractivity contribution in [2.75, 3.05) is 0 Å². The van der Waals surface area contributed by atoms with Gasteiger partial charge in [0.2, 0.25) is 0 Å². The van der Waals surface area contributed by atoms with Crippen LogP contribution in [0.1, 0.15) is 29.5 Å². The number of hydrogen-bond acceptors (Lipinski definition) is 4. The third-order valence-electron chi connectivity index (χ3n) is 4.84. The maximum Gasteiger partial charge on any atom is 0.166 e. The lowest BCUT2D eigenvalue weighted by Gasteiger charge is -2.16. The van der Waals surface area contributed by atoms with Gasteiger partial charge in [-0.15, -0.1) is 10.2 Å². The average molecular weight is 351 g/mol. The maximum atomic E-state index is 6.04. The van der Waals surface area contributed by atoms with Crippen LogP contribution in [0.15, 0.2) is 36.5 Å². The first-order valence-electron chi connectivity index (χ1n) is 8.21. The molecule has 4 aromatic rings. The van der Waals surface area contributed by atoms with E-state index in [2.05, 4.69) is 48.1 Å². The minimum absolute atomic E-state index is 0.221. The highest BCUT2D eigenvalue weighted by Crippen LogP contribution is 2.36. The Hall–Kier alpha value is -2.73. The predicted molar refractivity (Wildman–Crippen MR) is 95.6 cm³/mol. The molecular formula is C18H15ClN6. The molecule has 0 aliphatic carbocycles. The fraction of sp³-hybridized carbons (Fsp3) is 0.222. The van der Waals surface area contributed by atoms with Gasteiger partial charge in [-0.2, -0.15) is 5.10 Å². The van der Waals surface area contributed by atoms with E-state index in [0.29, 0.717) is 0 Å². The molecule has 0 bridgehead atoms. The highest BCUT2D eigenvalue weighted by Gasteiger charge is 2.29. The monoisotopic (exact) mass is 350 g/mol. The van der Waals surface area contributed by atoms with E-state index < -0.39 is 0 Å². The molecule has 6 nitrogen and oxygen atoms in total. The third-order valence-corrected chi connectivity index (χ3v) is 5.09. The number of rotatable bonds is 2. The zero-order valence-electron chi connectivity index (χ0n) is 13.6. The van der Waals surface area contributed by atoms with Gasteiger partial charge in [-0.1, -0.05) is 23.7 Å². The molecule has 0 spiro atoms. The first-order chi connectivity index (χ1) is 12.2. The molecule has 0 amide bonds. The molecule has 0 saturated heterocycles. The molecule has 124 valence electrons. The Balaban J connectivity index is 1.64. The molecule has 0 saturated carbocycles. The summed E-state index contributed by atoms with van der Waals surface area (Å²) in [5.74, 6) is 1.86. The number of aryl methyl sites for hydroxylation is 2. The molecule has 1 aromatic carbocycles. The van der Waals surface area contributed by atoms with Crippen molar-refractivity contribution in [3.63, 3.8) is 0 Å². The number of hydrogen-bond donors (Lipinski definition) is 1. The van der Waals surface area contributed by atoms with Crippen molar-refractivity contribution in [1.82, 2.24) is 29.9 Å². The summed E-state index contributed by atoms with van der Waals surface area (Å²) < 4.78 is 2.22. The molecule has 3 aromatic heterocycles. The van der Waals surface area contributed by atoms with Gasteiger partial charge in [-0.25, -0.2) is 4.98 Å². The van der Waals surface area contributed by atoms with Crippen LogP contribution >= 0.6 is 11.6 Å². The van der Waals surface area contributed by atoms with Gasteiger partial charge in [0.15, 0.2) is 11.5 Å². The van der Waals surface area contributed by atoms with Crippen molar-refractivity contribution in [3.05, 3.63) is 58.6 Å². The molecule has 0 fully saturated rings. The molecule has 0 radical (unpaired) electrons. The summed E-state index contributed by atoms with van der Waals surface area (Å²) in [6.45, 7) is 1.97. The second-order valence-electron chi connectivity index (χ2n) is 6.35. The fourth-order valence-corrected chi connectivity index (χ4v) is 3.69. The summed E-state index contributed by atoms with van der Waals surface area (Å²) in [7, 11) is 0. The van der Waals surface area contributed by atoms with Crippen molar-refractivity contribution < 1.29 is 0 Å². The molecule has 1 aliphatic heterocycles. The first-order valence-corrected chi connectivity index (χ1v) is 8.59. The summed E-state index contributed by atoms with van der Waals surface area (Å²) >= 11 is 6.04. The van der Waals surface area contributed by atoms with Gasteiger partial charge in [-0.3, -0.25) is 5.10 Å². The van der Waals surface area contributed by atoms with Crippen LogP contribution in [0.4, 0.5) is 0 Å².